The lowest BCUT2D eigenvalue weighted by molar-refractivity contribution is 0.632. The Morgan fingerprint density at radius 2 is 1.77 bits per heavy atom. The largest absolute Gasteiger partial charge is 0.323 e. The van der Waals surface area contributed by atoms with Crippen LogP contribution in [0.3, 0.4) is 0 Å². The molecule has 3 heterocycles. The van der Waals surface area contributed by atoms with Crippen LogP contribution in [0, 0.1) is 12.7 Å². The Bertz CT molecular complexity index is 1410. The normalized spacial score (nSPS) is 11.1. The van der Waals surface area contributed by atoms with Gasteiger partial charge in [0.1, 0.15) is 5.82 Å². The van der Waals surface area contributed by atoms with Gasteiger partial charge in [0.15, 0.2) is 5.65 Å². The van der Waals surface area contributed by atoms with Crippen LogP contribution in [0.1, 0.15) is 5.69 Å². The summed E-state index contributed by atoms with van der Waals surface area (Å²) in [5.74, 6) is 0.0301. The fourth-order valence-electron chi connectivity index (χ4n) is 3.52. The molecule has 0 amide bonds. The van der Waals surface area contributed by atoms with Crippen LogP contribution in [0.5, 0.6) is 0 Å². The van der Waals surface area contributed by atoms with E-state index in [2.05, 4.69) is 20.4 Å². The predicted octanol–water partition coefficient (Wildman–Crippen LogP) is 6.30. The zero-order valence-corrected chi connectivity index (χ0v) is 17.3. The molecule has 5 rings (SSSR count). The minimum absolute atomic E-state index is 0.337. The lowest BCUT2D eigenvalue weighted by atomic mass is 10.1. The van der Waals surface area contributed by atoms with Crippen molar-refractivity contribution in [2.75, 3.05) is 5.32 Å². The smallest absolute Gasteiger partial charge is 0.247 e. The number of fused-ring (bicyclic) bond motifs is 1. The van der Waals surface area contributed by atoms with Gasteiger partial charge in [0.25, 0.3) is 0 Å². The third-order valence-electron chi connectivity index (χ3n) is 4.96. The molecule has 2 aromatic carbocycles. The Kier molecular flexibility index (Phi) is 4.84. The number of aryl methyl sites for hydroxylation is 1. The fourth-order valence-corrected chi connectivity index (χ4v) is 3.76. The monoisotopic (exact) mass is 429 g/mol. The van der Waals surface area contributed by atoms with Crippen molar-refractivity contribution in [2.24, 2.45) is 0 Å². The van der Waals surface area contributed by atoms with Gasteiger partial charge in [-0.1, -0.05) is 29.8 Å². The summed E-state index contributed by atoms with van der Waals surface area (Å²) < 4.78 is 16.5. The first-order valence-electron chi connectivity index (χ1n) is 9.68. The molecule has 0 radical (unpaired) electrons. The Labute approximate surface area is 183 Å². The molecule has 3 aromatic heterocycles. The molecule has 152 valence electrons. The highest BCUT2D eigenvalue weighted by molar-refractivity contribution is 6.33. The van der Waals surface area contributed by atoms with E-state index in [-0.39, 0.29) is 5.82 Å². The van der Waals surface area contributed by atoms with Crippen LogP contribution in [0.15, 0.2) is 79.1 Å². The van der Waals surface area contributed by atoms with E-state index in [0.29, 0.717) is 27.9 Å². The third kappa shape index (κ3) is 3.73. The molecule has 0 bridgehead atoms. The Hall–Kier alpha value is -3.77. The van der Waals surface area contributed by atoms with E-state index in [9.17, 15) is 4.39 Å². The molecule has 0 saturated heterocycles. The number of pyridine rings is 2. The van der Waals surface area contributed by atoms with Crippen LogP contribution < -0.4 is 5.32 Å². The molecular formula is C24H17ClFN5. The number of anilines is 2. The number of halogens is 2. The highest BCUT2D eigenvalue weighted by Crippen LogP contribution is 2.31. The second-order valence-electron chi connectivity index (χ2n) is 7.11. The maximum atomic E-state index is 14.8. The lowest BCUT2D eigenvalue weighted by Crippen LogP contribution is -1.95. The average Bonchev–Trinajstić information content (AvgIpc) is 3.17. The van der Waals surface area contributed by atoms with E-state index < -0.39 is 0 Å². The van der Waals surface area contributed by atoms with E-state index in [0.717, 1.165) is 22.4 Å². The van der Waals surface area contributed by atoms with Crippen molar-refractivity contribution in [3.8, 4) is 22.3 Å². The number of hydrogen-bond acceptors (Lipinski definition) is 4. The van der Waals surface area contributed by atoms with Crippen molar-refractivity contribution < 1.29 is 4.39 Å². The SMILES string of the molecule is Cc1cc(-c2ccc(Nc3nc4c(-c5ccccc5Cl)cccn4n3)cc2F)ccn1. The highest BCUT2D eigenvalue weighted by Gasteiger charge is 2.13. The minimum atomic E-state index is -0.337. The molecule has 31 heavy (non-hydrogen) atoms. The Balaban J connectivity index is 1.48. The molecule has 7 heteroatoms. The van der Waals surface area contributed by atoms with Crippen molar-refractivity contribution in [1.82, 2.24) is 19.6 Å². The van der Waals surface area contributed by atoms with E-state index in [4.69, 9.17) is 11.6 Å². The number of rotatable bonds is 4. The van der Waals surface area contributed by atoms with E-state index in [1.165, 1.54) is 6.07 Å². The summed E-state index contributed by atoms with van der Waals surface area (Å²) in [4.78, 5) is 8.76. The molecule has 0 saturated carbocycles. The summed E-state index contributed by atoms with van der Waals surface area (Å²) in [5, 5.41) is 8.19. The van der Waals surface area contributed by atoms with E-state index >= 15 is 0 Å². The number of aromatic nitrogens is 4. The maximum Gasteiger partial charge on any atom is 0.247 e. The molecule has 0 fully saturated rings. The van der Waals surface area contributed by atoms with Crippen LogP contribution >= 0.6 is 11.6 Å². The number of benzene rings is 2. The average molecular weight is 430 g/mol. The van der Waals surface area contributed by atoms with Gasteiger partial charge in [-0.15, -0.1) is 5.10 Å². The van der Waals surface area contributed by atoms with Crippen LogP contribution in [-0.4, -0.2) is 19.6 Å². The van der Waals surface area contributed by atoms with Crippen molar-refractivity contribution in [3.05, 3.63) is 95.7 Å². The van der Waals surface area contributed by atoms with Gasteiger partial charge in [-0.25, -0.2) is 8.91 Å². The van der Waals surface area contributed by atoms with Gasteiger partial charge in [0, 0.05) is 45.5 Å². The number of nitrogens with one attached hydrogen (secondary N) is 1. The molecule has 0 aliphatic heterocycles. The lowest BCUT2D eigenvalue weighted by Gasteiger charge is -2.07. The molecular weight excluding hydrogens is 413 g/mol. The highest BCUT2D eigenvalue weighted by atomic mass is 35.5. The zero-order chi connectivity index (χ0) is 21.4. The zero-order valence-electron chi connectivity index (χ0n) is 16.6. The van der Waals surface area contributed by atoms with Crippen molar-refractivity contribution in [1.29, 1.82) is 0 Å². The first-order chi connectivity index (χ1) is 15.1. The fraction of sp³-hybridized carbons (Fsp3) is 0.0417. The van der Waals surface area contributed by atoms with Crippen LogP contribution in [0.4, 0.5) is 16.0 Å². The molecule has 0 aliphatic rings. The van der Waals surface area contributed by atoms with Gasteiger partial charge in [-0.05, 0) is 61.0 Å². The Morgan fingerprint density at radius 1 is 0.935 bits per heavy atom. The second kappa shape index (κ2) is 7.81. The van der Waals surface area contributed by atoms with Crippen LogP contribution in [-0.2, 0) is 0 Å². The molecule has 5 aromatic rings. The Morgan fingerprint density at radius 3 is 2.58 bits per heavy atom. The summed E-state index contributed by atoms with van der Waals surface area (Å²) in [5.41, 5.74) is 5.08. The van der Waals surface area contributed by atoms with Crippen LogP contribution in [0.25, 0.3) is 27.9 Å². The van der Waals surface area contributed by atoms with Gasteiger partial charge in [0.2, 0.25) is 5.95 Å². The summed E-state index contributed by atoms with van der Waals surface area (Å²) >= 11 is 6.37. The molecule has 0 atom stereocenters. The minimum Gasteiger partial charge on any atom is -0.323 e. The standard InChI is InChI=1S/C24H17ClFN5/c1-15-13-16(10-11-27-15)18-9-8-17(14-22(18)26)28-24-29-23-20(6-4-12-31(23)30-24)19-5-2-3-7-21(19)25/h2-14H,1H3,(H,28,30). The summed E-state index contributed by atoms with van der Waals surface area (Å²) in [6, 6.07) is 20.0. The topological polar surface area (TPSA) is 55.1 Å². The van der Waals surface area contributed by atoms with Crippen molar-refractivity contribution in [3.63, 3.8) is 0 Å². The molecule has 5 nitrogen and oxygen atoms in total. The van der Waals surface area contributed by atoms with E-state index in [1.54, 1.807) is 28.9 Å². The molecule has 1 N–H and O–H groups in total. The first kappa shape index (κ1) is 19.2. The van der Waals surface area contributed by atoms with Gasteiger partial charge in [0.05, 0.1) is 0 Å². The summed E-state index contributed by atoms with van der Waals surface area (Å²) in [6.07, 6.45) is 3.48. The first-order valence-corrected chi connectivity index (χ1v) is 10.1. The quantitative estimate of drug-likeness (QED) is 0.364. The van der Waals surface area contributed by atoms with Gasteiger partial charge in [-0.2, -0.15) is 4.98 Å². The summed E-state index contributed by atoms with van der Waals surface area (Å²) in [7, 11) is 0. The van der Waals surface area contributed by atoms with Gasteiger partial charge >= 0.3 is 0 Å². The number of hydrogen-bond donors (Lipinski definition) is 1. The molecule has 0 spiro atoms. The second-order valence-corrected chi connectivity index (χ2v) is 7.52. The van der Waals surface area contributed by atoms with Crippen LogP contribution in [0.2, 0.25) is 5.02 Å². The summed E-state index contributed by atoms with van der Waals surface area (Å²) in [6.45, 7) is 1.88. The number of nitrogens with zero attached hydrogens (tertiary/aromatic N) is 4. The predicted molar refractivity (Wildman–Crippen MR) is 121 cm³/mol. The molecule has 0 unspecified atom stereocenters. The van der Waals surface area contributed by atoms with Gasteiger partial charge in [-0.3, -0.25) is 4.98 Å². The third-order valence-corrected chi connectivity index (χ3v) is 5.29. The van der Waals surface area contributed by atoms with Crippen molar-refractivity contribution in [2.45, 2.75) is 6.92 Å². The van der Waals surface area contributed by atoms with Gasteiger partial charge < -0.3 is 5.32 Å². The maximum absolute atomic E-state index is 14.8. The van der Waals surface area contributed by atoms with Crippen molar-refractivity contribution >= 4 is 28.9 Å². The van der Waals surface area contributed by atoms with E-state index in [1.807, 2.05) is 55.6 Å². The molecule has 0 aliphatic carbocycles.